The molecule has 1 amide bonds. The van der Waals surface area contributed by atoms with Gasteiger partial charge in [0.05, 0.1) is 31.3 Å². The highest BCUT2D eigenvalue weighted by atomic mass is 32.2. The van der Waals surface area contributed by atoms with Crippen LogP contribution in [0.3, 0.4) is 0 Å². The number of nitrogens with one attached hydrogen (secondary N) is 2. The van der Waals surface area contributed by atoms with Gasteiger partial charge in [0.2, 0.25) is 5.91 Å². The van der Waals surface area contributed by atoms with Gasteiger partial charge < -0.3 is 24.7 Å². The number of aryl methyl sites for hydroxylation is 1. The number of rotatable bonds is 12. The van der Waals surface area contributed by atoms with Crippen LogP contribution >= 0.6 is 11.8 Å². The van der Waals surface area contributed by atoms with Gasteiger partial charge >= 0.3 is 5.97 Å². The largest absolute Gasteiger partial charge is 0.464 e. The van der Waals surface area contributed by atoms with Gasteiger partial charge in [-0.2, -0.15) is 11.8 Å². The van der Waals surface area contributed by atoms with E-state index in [1.165, 1.54) is 7.11 Å². The zero-order chi connectivity index (χ0) is 24.5. The number of methoxy groups -OCH3 is 2. The van der Waals surface area contributed by atoms with Crippen molar-refractivity contribution in [3.8, 4) is 0 Å². The number of thioether (sulfide) groups is 1. The molecular weight excluding hydrogens is 452 g/mol. The maximum atomic E-state index is 12.9. The normalized spacial score (nSPS) is 11.9. The van der Waals surface area contributed by atoms with E-state index in [9.17, 15) is 9.59 Å². The van der Waals surface area contributed by atoms with Crippen molar-refractivity contribution in [2.45, 2.75) is 32.4 Å². The number of fused-ring (bicyclic) bond motifs is 1. The molecule has 0 aliphatic rings. The number of benzene rings is 1. The molecule has 0 saturated heterocycles. The summed E-state index contributed by atoms with van der Waals surface area (Å²) in [5.41, 5.74) is 3.13. The van der Waals surface area contributed by atoms with Gasteiger partial charge in [-0.15, -0.1) is 0 Å². The van der Waals surface area contributed by atoms with E-state index in [4.69, 9.17) is 9.47 Å². The fourth-order valence-electron chi connectivity index (χ4n) is 3.82. The van der Waals surface area contributed by atoms with Crippen molar-refractivity contribution in [3.05, 3.63) is 53.9 Å². The van der Waals surface area contributed by atoms with Crippen molar-refractivity contribution < 1.29 is 19.1 Å². The van der Waals surface area contributed by atoms with Crippen LogP contribution in [0, 0.1) is 0 Å². The van der Waals surface area contributed by atoms with Gasteiger partial charge in [0, 0.05) is 37.3 Å². The number of esters is 1. The molecule has 1 atom stereocenters. The van der Waals surface area contributed by atoms with E-state index < -0.39 is 5.97 Å². The maximum absolute atomic E-state index is 12.9. The number of carbonyl (C=O) groups excluding carboxylic acids is 2. The molecule has 0 saturated carbocycles. The second-order valence-electron chi connectivity index (χ2n) is 7.99. The minimum Gasteiger partial charge on any atom is -0.464 e. The number of aromatic nitrogens is 2. The van der Waals surface area contributed by atoms with Gasteiger partial charge in [-0.25, -0.2) is 9.78 Å². The molecule has 1 aromatic carbocycles. The standard InChI is InChI=1S/C25H32N4O4S/c1-17(16-34-4)27-19-14-20-22(28-21(30)11-10-18-8-6-5-7-9-18)23(25(31)33-3)29(12-13-32-2)24(20)26-15-19/h5-9,14-15,17,27H,10-13,16H2,1-4H3,(H,28,30). The van der Waals surface area contributed by atoms with E-state index in [1.54, 1.807) is 29.6 Å². The molecule has 0 aliphatic heterocycles. The van der Waals surface area contributed by atoms with Crippen molar-refractivity contribution in [2.24, 2.45) is 0 Å². The van der Waals surface area contributed by atoms with Crippen LogP contribution < -0.4 is 10.6 Å². The molecule has 182 valence electrons. The van der Waals surface area contributed by atoms with Crippen LogP contribution in [-0.4, -0.2) is 60.3 Å². The summed E-state index contributed by atoms with van der Waals surface area (Å²) in [5, 5.41) is 7.07. The summed E-state index contributed by atoms with van der Waals surface area (Å²) >= 11 is 1.75. The molecule has 0 aliphatic carbocycles. The van der Waals surface area contributed by atoms with Gasteiger partial charge in [-0.1, -0.05) is 30.3 Å². The van der Waals surface area contributed by atoms with Crippen LogP contribution in [0.1, 0.15) is 29.4 Å². The molecule has 0 spiro atoms. The first-order valence-electron chi connectivity index (χ1n) is 11.2. The Balaban J connectivity index is 1.99. The molecule has 0 radical (unpaired) electrons. The van der Waals surface area contributed by atoms with Crippen LogP contribution in [0.15, 0.2) is 42.6 Å². The molecule has 2 aromatic heterocycles. The third-order valence-corrected chi connectivity index (χ3v) is 6.21. The summed E-state index contributed by atoms with van der Waals surface area (Å²) in [4.78, 5) is 30.4. The molecule has 1 unspecified atom stereocenters. The smallest absolute Gasteiger partial charge is 0.356 e. The monoisotopic (exact) mass is 484 g/mol. The van der Waals surface area contributed by atoms with Crippen molar-refractivity contribution in [2.75, 3.05) is 43.5 Å². The predicted octanol–water partition coefficient (Wildman–Crippen LogP) is 4.20. The Morgan fingerprint density at radius 2 is 1.97 bits per heavy atom. The number of amides is 1. The number of ether oxygens (including phenoxy) is 2. The lowest BCUT2D eigenvalue weighted by Crippen LogP contribution is -2.18. The first kappa shape index (κ1) is 25.6. The average Bonchev–Trinajstić information content (AvgIpc) is 3.14. The zero-order valence-electron chi connectivity index (χ0n) is 20.1. The van der Waals surface area contributed by atoms with Gasteiger partial charge in [0.15, 0.2) is 5.69 Å². The molecule has 0 fully saturated rings. The molecule has 2 heterocycles. The number of anilines is 2. The van der Waals surface area contributed by atoms with E-state index in [2.05, 4.69) is 28.8 Å². The number of hydrogen-bond acceptors (Lipinski definition) is 7. The van der Waals surface area contributed by atoms with Crippen LogP contribution in [0.5, 0.6) is 0 Å². The molecule has 0 bridgehead atoms. The van der Waals surface area contributed by atoms with Crippen molar-refractivity contribution in [3.63, 3.8) is 0 Å². The first-order valence-corrected chi connectivity index (χ1v) is 12.6. The highest BCUT2D eigenvalue weighted by Gasteiger charge is 2.26. The minimum absolute atomic E-state index is 0.186. The lowest BCUT2D eigenvalue weighted by atomic mass is 10.1. The Labute approximate surface area is 204 Å². The van der Waals surface area contributed by atoms with Gasteiger partial charge in [-0.3, -0.25) is 4.79 Å². The molecular formula is C25H32N4O4S. The minimum atomic E-state index is -0.544. The maximum Gasteiger partial charge on any atom is 0.356 e. The van der Waals surface area contributed by atoms with Crippen LogP contribution in [0.25, 0.3) is 11.0 Å². The quantitative estimate of drug-likeness (QED) is 0.372. The lowest BCUT2D eigenvalue weighted by Gasteiger charge is -2.14. The van der Waals surface area contributed by atoms with E-state index in [0.717, 1.165) is 17.0 Å². The Morgan fingerprint density at radius 3 is 2.65 bits per heavy atom. The average molecular weight is 485 g/mol. The molecule has 2 N–H and O–H groups in total. The van der Waals surface area contributed by atoms with Crippen molar-refractivity contribution in [1.82, 2.24) is 9.55 Å². The molecule has 3 aromatic rings. The summed E-state index contributed by atoms with van der Waals surface area (Å²) in [7, 11) is 2.92. The lowest BCUT2D eigenvalue weighted by molar-refractivity contribution is -0.116. The van der Waals surface area contributed by atoms with Crippen LogP contribution in [0.2, 0.25) is 0 Å². The Hall–Kier alpha value is -3.04. The Bertz CT molecular complexity index is 1120. The highest BCUT2D eigenvalue weighted by Crippen LogP contribution is 2.33. The van der Waals surface area contributed by atoms with Gasteiger partial charge in [-0.05, 0) is 31.2 Å². The third kappa shape index (κ3) is 6.30. The van der Waals surface area contributed by atoms with Crippen molar-refractivity contribution >= 4 is 46.0 Å². The molecule has 9 heteroatoms. The summed E-state index contributed by atoms with van der Waals surface area (Å²) < 4.78 is 12.1. The Kier molecular flexibility index (Phi) is 9.35. The highest BCUT2D eigenvalue weighted by molar-refractivity contribution is 7.98. The predicted molar refractivity (Wildman–Crippen MR) is 138 cm³/mol. The fourth-order valence-corrected chi connectivity index (χ4v) is 4.40. The molecule has 34 heavy (non-hydrogen) atoms. The number of carbonyl (C=O) groups is 2. The van der Waals surface area contributed by atoms with Gasteiger partial charge in [0.25, 0.3) is 0 Å². The zero-order valence-corrected chi connectivity index (χ0v) is 20.9. The summed E-state index contributed by atoms with van der Waals surface area (Å²) in [6.07, 6.45) is 4.68. The van der Waals surface area contributed by atoms with E-state index in [0.29, 0.717) is 36.3 Å². The Morgan fingerprint density at radius 1 is 1.21 bits per heavy atom. The summed E-state index contributed by atoms with van der Waals surface area (Å²) in [5.74, 6) is 0.204. The van der Waals surface area contributed by atoms with E-state index in [-0.39, 0.29) is 24.1 Å². The van der Waals surface area contributed by atoms with Gasteiger partial charge in [0.1, 0.15) is 5.65 Å². The molecule has 8 nitrogen and oxygen atoms in total. The SMILES string of the molecule is COCCn1c(C(=O)OC)c(NC(=O)CCc2ccccc2)c2cc(NC(C)CSC)cnc21. The number of nitrogens with zero attached hydrogens (tertiary/aromatic N) is 2. The first-order chi connectivity index (χ1) is 16.5. The van der Waals surface area contributed by atoms with Crippen LogP contribution in [0.4, 0.5) is 11.4 Å². The summed E-state index contributed by atoms with van der Waals surface area (Å²) in [6.45, 7) is 2.86. The second-order valence-corrected chi connectivity index (χ2v) is 8.90. The number of hydrogen-bond donors (Lipinski definition) is 2. The van der Waals surface area contributed by atoms with Crippen molar-refractivity contribution in [1.29, 1.82) is 0 Å². The van der Waals surface area contributed by atoms with Crippen LogP contribution in [-0.2, 0) is 27.2 Å². The van der Waals surface area contributed by atoms with E-state index >= 15 is 0 Å². The third-order valence-electron chi connectivity index (χ3n) is 5.37. The fraction of sp³-hybridized carbons (Fsp3) is 0.400. The topological polar surface area (TPSA) is 94.5 Å². The second kappa shape index (κ2) is 12.4. The van der Waals surface area contributed by atoms with E-state index in [1.807, 2.05) is 36.4 Å². The number of pyridine rings is 1. The molecule has 3 rings (SSSR count). The summed E-state index contributed by atoms with van der Waals surface area (Å²) in [6, 6.07) is 12.0.